The number of hydrogen-bond acceptors (Lipinski definition) is 3. The molecule has 0 unspecified atom stereocenters. The lowest BCUT2D eigenvalue weighted by atomic mass is 10.1. The van der Waals surface area contributed by atoms with Crippen LogP contribution in [0.25, 0.3) is 10.8 Å². The van der Waals surface area contributed by atoms with E-state index in [9.17, 15) is 4.79 Å². The topological polar surface area (TPSA) is 35.5 Å². The van der Waals surface area contributed by atoms with Crippen molar-refractivity contribution in [3.8, 4) is 5.75 Å². The maximum Gasteiger partial charge on any atom is 0.188 e. The smallest absolute Gasteiger partial charge is 0.188 e. The molecule has 82 valence electrons. The predicted molar refractivity (Wildman–Crippen MR) is 61.8 cm³/mol. The van der Waals surface area contributed by atoms with Gasteiger partial charge in [0.15, 0.2) is 13.1 Å². The van der Waals surface area contributed by atoms with E-state index in [1.54, 1.807) is 7.11 Å². The van der Waals surface area contributed by atoms with Gasteiger partial charge in [0.25, 0.3) is 0 Å². The molecule has 0 aliphatic rings. The van der Waals surface area contributed by atoms with E-state index in [0.29, 0.717) is 11.3 Å². The Morgan fingerprint density at radius 1 is 1.19 bits per heavy atom. The lowest BCUT2D eigenvalue weighted by Gasteiger charge is -2.08. The number of aldehydes is 1. The van der Waals surface area contributed by atoms with Crippen molar-refractivity contribution < 1.29 is 14.3 Å². The minimum Gasteiger partial charge on any atom is -0.467 e. The Kier molecular flexibility index (Phi) is 3.17. The fraction of sp³-hybridized carbons (Fsp3) is 0.154. The summed E-state index contributed by atoms with van der Waals surface area (Å²) < 4.78 is 10.2. The summed E-state index contributed by atoms with van der Waals surface area (Å²) >= 11 is 0. The molecule has 0 fully saturated rings. The number of benzene rings is 2. The minimum atomic E-state index is 0.138. The van der Waals surface area contributed by atoms with Gasteiger partial charge in [0.05, 0.1) is 5.56 Å². The first-order valence-corrected chi connectivity index (χ1v) is 4.95. The molecule has 0 saturated carbocycles. The Morgan fingerprint density at radius 2 is 1.88 bits per heavy atom. The van der Waals surface area contributed by atoms with E-state index >= 15 is 0 Å². The Labute approximate surface area is 93.6 Å². The Hall–Kier alpha value is -1.87. The van der Waals surface area contributed by atoms with Crippen LogP contribution >= 0.6 is 0 Å². The lowest BCUT2D eigenvalue weighted by Crippen LogP contribution is -2.01. The molecule has 2 aromatic rings. The Balaban J connectivity index is 2.49. The fourth-order valence-electron chi connectivity index (χ4n) is 1.58. The summed E-state index contributed by atoms with van der Waals surface area (Å²) in [4.78, 5) is 10.9. The van der Waals surface area contributed by atoms with Crippen LogP contribution in [-0.2, 0) is 4.74 Å². The van der Waals surface area contributed by atoms with E-state index in [0.717, 1.165) is 17.1 Å². The molecule has 0 aliphatic heterocycles. The zero-order valence-electron chi connectivity index (χ0n) is 8.97. The van der Waals surface area contributed by atoms with Crippen LogP contribution in [0.1, 0.15) is 10.4 Å². The van der Waals surface area contributed by atoms with Crippen molar-refractivity contribution in [2.24, 2.45) is 0 Å². The second kappa shape index (κ2) is 4.77. The standard InChI is InChI=1S/C13H12O3/c1-15-9-16-13-7-11-5-3-2-4-10(11)6-12(13)8-14/h2-8H,9H2,1H3. The highest BCUT2D eigenvalue weighted by atomic mass is 16.7. The van der Waals surface area contributed by atoms with Crippen LogP contribution < -0.4 is 4.74 Å². The van der Waals surface area contributed by atoms with Gasteiger partial charge in [0.2, 0.25) is 0 Å². The number of carbonyl (C=O) groups excluding carboxylic acids is 1. The lowest BCUT2D eigenvalue weighted by molar-refractivity contribution is 0.0506. The van der Waals surface area contributed by atoms with Crippen LogP contribution in [-0.4, -0.2) is 20.2 Å². The second-order valence-corrected chi connectivity index (χ2v) is 3.41. The normalized spacial score (nSPS) is 10.3. The van der Waals surface area contributed by atoms with Gasteiger partial charge in [-0.25, -0.2) is 0 Å². The summed E-state index contributed by atoms with van der Waals surface area (Å²) in [5, 5.41) is 2.06. The van der Waals surface area contributed by atoms with Crippen LogP contribution in [0.4, 0.5) is 0 Å². The van der Waals surface area contributed by atoms with Gasteiger partial charge >= 0.3 is 0 Å². The summed E-state index contributed by atoms with van der Waals surface area (Å²) in [6.45, 7) is 0.138. The molecule has 0 radical (unpaired) electrons. The van der Waals surface area contributed by atoms with Crippen LogP contribution in [0.5, 0.6) is 5.75 Å². The Bertz CT molecular complexity index is 506. The summed E-state index contributed by atoms with van der Waals surface area (Å²) in [5.74, 6) is 0.551. The number of ether oxygens (including phenoxy) is 2. The molecule has 16 heavy (non-hydrogen) atoms. The highest BCUT2D eigenvalue weighted by Gasteiger charge is 2.05. The summed E-state index contributed by atoms with van der Waals surface area (Å²) in [6.07, 6.45) is 0.789. The maximum absolute atomic E-state index is 10.9. The van der Waals surface area contributed by atoms with Crippen molar-refractivity contribution in [2.75, 3.05) is 13.9 Å². The first-order valence-electron chi connectivity index (χ1n) is 4.95. The zero-order chi connectivity index (χ0) is 11.4. The van der Waals surface area contributed by atoms with Gasteiger partial charge in [0.1, 0.15) is 5.75 Å². The molecule has 2 aromatic carbocycles. The molecule has 3 heteroatoms. The molecule has 0 saturated heterocycles. The third-order valence-electron chi connectivity index (χ3n) is 2.34. The largest absolute Gasteiger partial charge is 0.467 e. The van der Waals surface area contributed by atoms with Crippen molar-refractivity contribution in [2.45, 2.75) is 0 Å². The predicted octanol–water partition coefficient (Wildman–Crippen LogP) is 2.64. The average molecular weight is 216 g/mol. The summed E-state index contributed by atoms with van der Waals surface area (Å²) in [7, 11) is 1.54. The van der Waals surface area contributed by atoms with Crippen LogP contribution in [0, 0.1) is 0 Å². The number of carbonyl (C=O) groups is 1. The molecule has 0 atom stereocenters. The number of fused-ring (bicyclic) bond motifs is 1. The number of rotatable bonds is 4. The highest BCUT2D eigenvalue weighted by molar-refractivity contribution is 5.92. The molecular formula is C13H12O3. The van der Waals surface area contributed by atoms with E-state index in [-0.39, 0.29) is 6.79 Å². The van der Waals surface area contributed by atoms with Crippen LogP contribution in [0.15, 0.2) is 36.4 Å². The molecule has 0 N–H and O–H groups in total. The molecular weight excluding hydrogens is 204 g/mol. The summed E-state index contributed by atoms with van der Waals surface area (Å²) in [5.41, 5.74) is 0.538. The van der Waals surface area contributed by atoms with Gasteiger partial charge in [0, 0.05) is 7.11 Å². The van der Waals surface area contributed by atoms with E-state index in [1.807, 2.05) is 36.4 Å². The molecule has 0 aliphatic carbocycles. The van der Waals surface area contributed by atoms with Crippen LogP contribution in [0.2, 0.25) is 0 Å². The van der Waals surface area contributed by atoms with E-state index in [2.05, 4.69) is 0 Å². The summed E-state index contributed by atoms with van der Waals surface area (Å²) in [6, 6.07) is 11.5. The van der Waals surface area contributed by atoms with Crippen molar-refractivity contribution in [1.29, 1.82) is 0 Å². The zero-order valence-corrected chi connectivity index (χ0v) is 8.97. The van der Waals surface area contributed by atoms with E-state index < -0.39 is 0 Å². The molecule has 0 bridgehead atoms. The maximum atomic E-state index is 10.9. The molecule has 3 nitrogen and oxygen atoms in total. The second-order valence-electron chi connectivity index (χ2n) is 3.41. The quantitative estimate of drug-likeness (QED) is 0.582. The molecule has 0 aromatic heterocycles. The minimum absolute atomic E-state index is 0.138. The van der Waals surface area contributed by atoms with E-state index in [1.165, 1.54) is 0 Å². The van der Waals surface area contributed by atoms with E-state index in [4.69, 9.17) is 9.47 Å². The number of hydrogen-bond donors (Lipinski definition) is 0. The third-order valence-corrected chi connectivity index (χ3v) is 2.34. The monoisotopic (exact) mass is 216 g/mol. The number of methoxy groups -OCH3 is 1. The van der Waals surface area contributed by atoms with Gasteiger partial charge in [-0.2, -0.15) is 0 Å². The molecule has 0 heterocycles. The van der Waals surface area contributed by atoms with Crippen molar-refractivity contribution in [1.82, 2.24) is 0 Å². The van der Waals surface area contributed by atoms with Gasteiger partial charge in [-0.05, 0) is 22.9 Å². The van der Waals surface area contributed by atoms with Crippen molar-refractivity contribution in [3.63, 3.8) is 0 Å². The fourth-order valence-corrected chi connectivity index (χ4v) is 1.58. The molecule has 0 spiro atoms. The third kappa shape index (κ3) is 2.04. The molecule has 2 rings (SSSR count). The van der Waals surface area contributed by atoms with Gasteiger partial charge < -0.3 is 9.47 Å². The van der Waals surface area contributed by atoms with Gasteiger partial charge in [-0.1, -0.05) is 24.3 Å². The van der Waals surface area contributed by atoms with Crippen molar-refractivity contribution >= 4 is 17.1 Å². The first-order chi connectivity index (χ1) is 7.85. The van der Waals surface area contributed by atoms with Crippen molar-refractivity contribution in [3.05, 3.63) is 42.0 Å². The average Bonchev–Trinajstić information content (AvgIpc) is 2.35. The van der Waals surface area contributed by atoms with Gasteiger partial charge in [-0.3, -0.25) is 4.79 Å². The molecule has 0 amide bonds. The Morgan fingerprint density at radius 3 is 2.50 bits per heavy atom. The first kappa shape index (κ1) is 10.6. The highest BCUT2D eigenvalue weighted by Crippen LogP contribution is 2.24. The van der Waals surface area contributed by atoms with Gasteiger partial charge in [-0.15, -0.1) is 0 Å². The van der Waals surface area contributed by atoms with Crippen LogP contribution in [0.3, 0.4) is 0 Å². The SMILES string of the molecule is COCOc1cc2ccccc2cc1C=O.